The number of nitro groups is 1. The van der Waals surface area contributed by atoms with Crippen LogP contribution in [0.2, 0.25) is 0 Å². The predicted octanol–water partition coefficient (Wildman–Crippen LogP) is 3.28. The Labute approximate surface area is 130 Å². The largest absolute Gasteiger partial charge is 0.497 e. The summed E-state index contributed by atoms with van der Waals surface area (Å²) < 4.78 is 5.14. The molecule has 0 spiro atoms. The van der Waals surface area contributed by atoms with E-state index in [1.165, 1.54) is 5.56 Å². The Morgan fingerprint density at radius 2 is 1.64 bits per heavy atom. The quantitative estimate of drug-likeness (QED) is 0.581. The second-order valence-corrected chi connectivity index (χ2v) is 5.26. The van der Waals surface area contributed by atoms with Crippen LogP contribution in [-0.2, 0) is 13.0 Å². The highest BCUT2D eigenvalue weighted by Gasteiger charge is 2.05. The van der Waals surface area contributed by atoms with Crippen LogP contribution in [0.3, 0.4) is 0 Å². The van der Waals surface area contributed by atoms with Crippen molar-refractivity contribution in [3.05, 3.63) is 69.8 Å². The van der Waals surface area contributed by atoms with Crippen LogP contribution in [0.15, 0.2) is 48.5 Å². The average molecular weight is 300 g/mol. The molecule has 2 aromatic rings. The summed E-state index contributed by atoms with van der Waals surface area (Å²) in [5.41, 5.74) is 2.47. The number of hydrogen-bond donors (Lipinski definition) is 0. The fourth-order valence-electron chi connectivity index (χ4n) is 2.23. The Kier molecular flexibility index (Phi) is 5.49. The highest BCUT2D eigenvalue weighted by molar-refractivity contribution is 5.33. The van der Waals surface area contributed by atoms with Gasteiger partial charge in [0.05, 0.1) is 12.0 Å². The van der Waals surface area contributed by atoms with Crippen molar-refractivity contribution in [3.63, 3.8) is 0 Å². The lowest BCUT2D eigenvalue weighted by Gasteiger charge is -2.16. The molecule has 0 saturated heterocycles. The van der Waals surface area contributed by atoms with Crippen LogP contribution in [0.5, 0.6) is 5.75 Å². The van der Waals surface area contributed by atoms with E-state index in [-0.39, 0.29) is 10.6 Å². The Morgan fingerprint density at radius 1 is 1.05 bits per heavy atom. The first-order chi connectivity index (χ1) is 10.6. The number of likely N-dealkylation sites (N-methyl/N-ethyl adjacent to an activating group) is 1. The fraction of sp³-hybridized carbons (Fsp3) is 0.294. The summed E-state index contributed by atoms with van der Waals surface area (Å²) in [4.78, 5) is 12.5. The van der Waals surface area contributed by atoms with Gasteiger partial charge in [-0.2, -0.15) is 0 Å². The van der Waals surface area contributed by atoms with Gasteiger partial charge in [0.15, 0.2) is 0 Å². The third-order valence-corrected chi connectivity index (χ3v) is 3.54. The predicted molar refractivity (Wildman–Crippen MR) is 86.1 cm³/mol. The third-order valence-electron chi connectivity index (χ3n) is 3.54. The third kappa shape index (κ3) is 4.56. The monoisotopic (exact) mass is 300 g/mol. The molecule has 0 atom stereocenters. The number of methoxy groups -OCH3 is 1. The van der Waals surface area contributed by atoms with Gasteiger partial charge in [0.25, 0.3) is 5.69 Å². The summed E-state index contributed by atoms with van der Waals surface area (Å²) >= 11 is 0. The molecule has 5 nitrogen and oxygen atoms in total. The molecule has 0 aromatic heterocycles. The van der Waals surface area contributed by atoms with Crippen LogP contribution in [0.1, 0.15) is 11.1 Å². The van der Waals surface area contributed by atoms with E-state index in [0.717, 1.165) is 30.8 Å². The van der Waals surface area contributed by atoms with Gasteiger partial charge in [-0.25, -0.2) is 0 Å². The second-order valence-electron chi connectivity index (χ2n) is 5.26. The number of ether oxygens (including phenoxy) is 1. The SMILES string of the molecule is COc1ccc(CN(C)CCc2ccc([N+](=O)[O-])cc2)cc1. The van der Waals surface area contributed by atoms with Crippen LogP contribution in [0, 0.1) is 10.1 Å². The molecule has 0 saturated carbocycles. The van der Waals surface area contributed by atoms with E-state index < -0.39 is 0 Å². The Hall–Kier alpha value is -2.40. The van der Waals surface area contributed by atoms with Gasteiger partial charge in [0, 0.05) is 25.2 Å². The summed E-state index contributed by atoms with van der Waals surface area (Å²) in [7, 11) is 3.72. The molecule has 0 bridgehead atoms. The van der Waals surface area contributed by atoms with Gasteiger partial charge in [-0.3, -0.25) is 10.1 Å². The molecule has 0 fully saturated rings. The summed E-state index contributed by atoms with van der Waals surface area (Å²) in [6.45, 7) is 1.75. The maximum absolute atomic E-state index is 10.6. The topological polar surface area (TPSA) is 55.6 Å². The lowest BCUT2D eigenvalue weighted by molar-refractivity contribution is -0.384. The van der Waals surface area contributed by atoms with E-state index in [9.17, 15) is 10.1 Å². The van der Waals surface area contributed by atoms with Crippen molar-refractivity contribution >= 4 is 5.69 Å². The van der Waals surface area contributed by atoms with Gasteiger partial charge in [0.1, 0.15) is 5.75 Å². The Balaban J connectivity index is 1.83. The number of nitro benzene ring substituents is 1. The molecule has 0 aliphatic rings. The molecule has 0 aliphatic heterocycles. The second kappa shape index (κ2) is 7.56. The molecule has 0 heterocycles. The van der Waals surface area contributed by atoms with E-state index in [4.69, 9.17) is 4.74 Å². The van der Waals surface area contributed by atoms with Crippen molar-refractivity contribution in [2.45, 2.75) is 13.0 Å². The number of rotatable bonds is 7. The van der Waals surface area contributed by atoms with Gasteiger partial charge in [-0.05, 0) is 36.7 Å². The molecule has 0 N–H and O–H groups in total. The zero-order valence-corrected chi connectivity index (χ0v) is 12.9. The lowest BCUT2D eigenvalue weighted by atomic mass is 10.1. The molecule has 2 rings (SSSR count). The Bertz CT molecular complexity index is 609. The molecule has 0 unspecified atom stereocenters. The van der Waals surface area contributed by atoms with Crippen LogP contribution >= 0.6 is 0 Å². The molecule has 22 heavy (non-hydrogen) atoms. The molecule has 0 aliphatic carbocycles. The molecule has 0 radical (unpaired) electrons. The van der Waals surface area contributed by atoms with Crippen molar-refractivity contribution in [2.75, 3.05) is 20.7 Å². The number of nitrogens with zero attached hydrogens (tertiary/aromatic N) is 2. The minimum Gasteiger partial charge on any atom is -0.497 e. The number of non-ortho nitro benzene ring substituents is 1. The van der Waals surface area contributed by atoms with E-state index in [1.807, 2.05) is 24.3 Å². The zero-order valence-electron chi connectivity index (χ0n) is 12.9. The first-order valence-electron chi connectivity index (χ1n) is 7.13. The molecular formula is C17H20N2O3. The summed E-state index contributed by atoms with van der Waals surface area (Å²) in [5.74, 6) is 0.859. The normalized spacial score (nSPS) is 10.7. The van der Waals surface area contributed by atoms with E-state index in [0.29, 0.717) is 0 Å². The van der Waals surface area contributed by atoms with Gasteiger partial charge < -0.3 is 9.64 Å². The average Bonchev–Trinajstić information content (AvgIpc) is 2.54. The lowest BCUT2D eigenvalue weighted by Crippen LogP contribution is -2.20. The first-order valence-corrected chi connectivity index (χ1v) is 7.13. The minimum atomic E-state index is -0.375. The van der Waals surface area contributed by atoms with Crippen LogP contribution in [0.25, 0.3) is 0 Å². The molecule has 5 heteroatoms. The van der Waals surface area contributed by atoms with E-state index in [1.54, 1.807) is 19.2 Å². The van der Waals surface area contributed by atoms with Crippen molar-refractivity contribution < 1.29 is 9.66 Å². The van der Waals surface area contributed by atoms with Gasteiger partial charge in [0.2, 0.25) is 0 Å². The highest BCUT2D eigenvalue weighted by Crippen LogP contribution is 2.14. The number of benzene rings is 2. The minimum absolute atomic E-state index is 0.135. The van der Waals surface area contributed by atoms with E-state index >= 15 is 0 Å². The van der Waals surface area contributed by atoms with Crippen molar-refractivity contribution in [1.82, 2.24) is 4.90 Å². The maximum Gasteiger partial charge on any atom is 0.269 e. The van der Waals surface area contributed by atoms with Gasteiger partial charge >= 0.3 is 0 Å². The van der Waals surface area contributed by atoms with E-state index in [2.05, 4.69) is 24.1 Å². The van der Waals surface area contributed by atoms with Crippen LogP contribution in [0.4, 0.5) is 5.69 Å². The molecule has 116 valence electrons. The molecular weight excluding hydrogens is 280 g/mol. The highest BCUT2D eigenvalue weighted by atomic mass is 16.6. The summed E-state index contributed by atoms with van der Waals surface area (Å²) in [5, 5.41) is 10.6. The van der Waals surface area contributed by atoms with Crippen LogP contribution in [-0.4, -0.2) is 30.5 Å². The van der Waals surface area contributed by atoms with Crippen LogP contribution < -0.4 is 4.74 Å². The maximum atomic E-state index is 10.6. The van der Waals surface area contributed by atoms with Crippen molar-refractivity contribution in [1.29, 1.82) is 0 Å². The van der Waals surface area contributed by atoms with Gasteiger partial charge in [-0.15, -0.1) is 0 Å². The summed E-state index contributed by atoms with van der Waals surface area (Å²) in [6, 6.07) is 14.8. The smallest absolute Gasteiger partial charge is 0.269 e. The zero-order chi connectivity index (χ0) is 15.9. The first kappa shape index (κ1) is 16.0. The van der Waals surface area contributed by atoms with Gasteiger partial charge in [-0.1, -0.05) is 24.3 Å². The standard InChI is InChI=1S/C17H20N2O3/c1-18(13-15-5-9-17(22-2)10-6-15)12-11-14-3-7-16(8-4-14)19(20)21/h3-10H,11-13H2,1-2H3. The van der Waals surface area contributed by atoms with Crippen molar-refractivity contribution in [3.8, 4) is 5.75 Å². The number of hydrogen-bond acceptors (Lipinski definition) is 4. The molecule has 0 amide bonds. The molecule has 2 aromatic carbocycles. The Morgan fingerprint density at radius 3 is 2.18 bits per heavy atom. The summed E-state index contributed by atoms with van der Waals surface area (Å²) in [6.07, 6.45) is 0.866. The fourth-order valence-corrected chi connectivity index (χ4v) is 2.23. The van der Waals surface area contributed by atoms with Crippen molar-refractivity contribution in [2.24, 2.45) is 0 Å².